The lowest BCUT2D eigenvalue weighted by molar-refractivity contribution is 0.754. The van der Waals surface area contributed by atoms with E-state index in [1.54, 1.807) is 0 Å². The van der Waals surface area contributed by atoms with Crippen molar-refractivity contribution in [2.75, 3.05) is 5.32 Å². The number of nitrogens with one attached hydrogen (secondary N) is 1. The second-order valence-corrected chi connectivity index (χ2v) is 7.44. The van der Waals surface area contributed by atoms with E-state index >= 15 is 0 Å². The van der Waals surface area contributed by atoms with Crippen molar-refractivity contribution in [3.8, 4) is 16.9 Å². The van der Waals surface area contributed by atoms with E-state index in [1.165, 1.54) is 31.2 Å². The van der Waals surface area contributed by atoms with Gasteiger partial charge in [-0.1, -0.05) is 26.2 Å². The van der Waals surface area contributed by atoms with Crippen molar-refractivity contribution < 1.29 is 0 Å². The molecule has 5 heteroatoms. The Kier molecular flexibility index (Phi) is 5.19. The number of anilines is 1. The molecule has 0 aliphatic heterocycles. The van der Waals surface area contributed by atoms with Gasteiger partial charge in [-0.25, -0.2) is 4.68 Å². The topological polar surface area (TPSA) is 55.6 Å². The van der Waals surface area contributed by atoms with Crippen LogP contribution in [-0.2, 0) is 6.42 Å². The number of rotatable bonds is 6. The second-order valence-electron chi connectivity index (χ2n) is 7.44. The molecule has 1 saturated carbocycles. The van der Waals surface area contributed by atoms with Gasteiger partial charge < -0.3 is 5.32 Å². The number of pyridine rings is 2. The highest BCUT2D eigenvalue weighted by atomic mass is 15.3. The standard InChI is InChI=1S/C22H27N5/c1-3-6-19-12-21(9-10-23-19)27-15-17(13-25-27)22-16(2)11-20(14-24-22)26-18-7-4-5-8-18/h9-15,18,26H,3-8H2,1-2H3. The second kappa shape index (κ2) is 7.91. The summed E-state index contributed by atoms with van der Waals surface area (Å²) < 4.78 is 1.90. The fourth-order valence-electron chi connectivity index (χ4n) is 3.85. The van der Waals surface area contributed by atoms with Crippen LogP contribution in [0.2, 0.25) is 0 Å². The van der Waals surface area contributed by atoms with E-state index in [4.69, 9.17) is 4.98 Å². The molecule has 27 heavy (non-hydrogen) atoms. The summed E-state index contributed by atoms with van der Waals surface area (Å²) in [5.74, 6) is 0. The van der Waals surface area contributed by atoms with Gasteiger partial charge in [-0.15, -0.1) is 0 Å². The van der Waals surface area contributed by atoms with E-state index in [0.717, 1.165) is 41.2 Å². The summed E-state index contributed by atoms with van der Waals surface area (Å²) >= 11 is 0. The maximum absolute atomic E-state index is 4.72. The summed E-state index contributed by atoms with van der Waals surface area (Å²) in [6.07, 6.45) is 15.0. The molecule has 1 aliphatic rings. The first-order valence-electron chi connectivity index (χ1n) is 9.96. The molecule has 140 valence electrons. The third kappa shape index (κ3) is 4.02. The number of nitrogens with zero attached hydrogens (tertiary/aromatic N) is 4. The van der Waals surface area contributed by atoms with E-state index < -0.39 is 0 Å². The first-order valence-corrected chi connectivity index (χ1v) is 9.96. The molecule has 0 bridgehead atoms. The van der Waals surface area contributed by atoms with E-state index in [9.17, 15) is 0 Å². The molecule has 3 aromatic heterocycles. The molecular formula is C22H27N5. The molecule has 0 spiro atoms. The average molecular weight is 361 g/mol. The zero-order valence-corrected chi connectivity index (χ0v) is 16.2. The molecule has 3 heterocycles. The highest BCUT2D eigenvalue weighted by Crippen LogP contribution is 2.26. The van der Waals surface area contributed by atoms with E-state index in [-0.39, 0.29) is 0 Å². The van der Waals surface area contributed by atoms with Gasteiger partial charge in [-0.2, -0.15) is 5.10 Å². The Morgan fingerprint density at radius 2 is 2.00 bits per heavy atom. The van der Waals surface area contributed by atoms with Crippen LogP contribution in [0.3, 0.4) is 0 Å². The molecule has 4 rings (SSSR count). The van der Waals surface area contributed by atoms with Gasteiger partial charge in [0.15, 0.2) is 0 Å². The summed E-state index contributed by atoms with van der Waals surface area (Å²) in [6.45, 7) is 4.28. The first-order chi connectivity index (χ1) is 13.2. The zero-order chi connectivity index (χ0) is 18.6. The van der Waals surface area contributed by atoms with Crippen molar-refractivity contribution in [2.45, 2.75) is 58.4 Å². The zero-order valence-electron chi connectivity index (χ0n) is 16.2. The van der Waals surface area contributed by atoms with E-state index in [1.807, 2.05) is 35.5 Å². The van der Waals surface area contributed by atoms with Crippen molar-refractivity contribution in [1.82, 2.24) is 19.7 Å². The van der Waals surface area contributed by atoms with Gasteiger partial charge in [-0.05, 0) is 49.9 Å². The molecule has 0 atom stereocenters. The quantitative estimate of drug-likeness (QED) is 0.675. The monoisotopic (exact) mass is 361 g/mol. The maximum atomic E-state index is 4.72. The first kappa shape index (κ1) is 17.7. The molecule has 0 saturated heterocycles. The molecule has 0 amide bonds. The Hall–Kier alpha value is -2.69. The summed E-state index contributed by atoms with van der Waals surface area (Å²) in [6, 6.07) is 6.90. The van der Waals surface area contributed by atoms with Crippen LogP contribution in [0.15, 0.2) is 43.0 Å². The van der Waals surface area contributed by atoms with Crippen LogP contribution in [0, 0.1) is 6.92 Å². The molecule has 0 aromatic carbocycles. The Balaban J connectivity index is 1.55. The minimum absolute atomic E-state index is 0.601. The summed E-state index contributed by atoms with van der Waals surface area (Å²) in [7, 11) is 0. The molecule has 1 N–H and O–H groups in total. The van der Waals surface area contributed by atoms with Gasteiger partial charge in [0.2, 0.25) is 0 Å². The normalized spacial score (nSPS) is 14.6. The predicted molar refractivity (Wildman–Crippen MR) is 109 cm³/mol. The number of aryl methyl sites for hydroxylation is 2. The largest absolute Gasteiger partial charge is 0.381 e. The summed E-state index contributed by atoms with van der Waals surface area (Å²) in [5.41, 5.74) is 6.45. The van der Waals surface area contributed by atoms with Crippen molar-refractivity contribution in [3.05, 3.63) is 54.2 Å². The molecule has 0 radical (unpaired) electrons. The minimum atomic E-state index is 0.601. The minimum Gasteiger partial charge on any atom is -0.381 e. The molecule has 1 fully saturated rings. The van der Waals surface area contributed by atoms with Gasteiger partial charge >= 0.3 is 0 Å². The number of hydrogen-bond acceptors (Lipinski definition) is 4. The van der Waals surface area contributed by atoms with Gasteiger partial charge in [0, 0.05) is 29.7 Å². The Labute approximate surface area is 160 Å². The Bertz CT molecular complexity index is 909. The molecule has 1 aliphatic carbocycles. The van der Waals surface area contributed by atoms with Crippen LogP contribution >= 0.6 is 0 Å². The van der Waals surface area contributed by atoms with Gasteiger partial charge in [0.05, 0.1) is 29.5 Å². The predicted octanol–water partition coefficient (Wildman–Crippen LogP) is 4.94. The molecular weight excluding hydrogens is 334 g/mol. The summed E-state index contributed by atoms with van der Waals surface area (Å²) in [4.78, 5) is 9.14. The lowest BCUT2D eigenvalue weighted by atomic mass is 10.1. The smallest absolute Gasteiger partial charge is 0.0764 e. The lowest BCUT2D eigenvalue weighted by Crippen LogP contribution is -2.14. The number of hydrogen-bond donors (Lipinski definition) is 1. The van der Waals surface area contributed by atoms with Crippen LogP contribution in [0.4, 0.5) is 5.69 Å². The maximum Gasteiger partial charge on any atom is 0.0764 e. The van der Waals surface area contributed by atoms with Crippen molar-refractivity contribution >= 4 is 5.69 Å². The highest BCUT2D eigenvalue weighted by molar-refractivity contribution is 5.64. The number of aromatic nitrogens is 4. The fraction of sp³-hybridized carbons (Fsp3) is 0.409. The van der Waals surface area contributed by atoms with Crippen LogP contribution in [-0.4, -0.2) is 25.8 Å². The van der Waals surface area contributed by atoms with E-state index in [2.05, 4.69) is 41.4 Å². The van der Waals surface area contributed by atoms with Gasteiger partial charge in [0.25, 0.3) is 0 Å². The van der Waals surface area contributed by atoms with Crippen LogP contribution < -0.4 is 5.32 Å². The SMILES string of the molecule is CCCc1cc(-n2cc(-c3ncc(NC4CCCC4)cc3C)cn2)ccn1. The molecule has 5 nitrogen and oxygen atoms in total. The third-order valence-corrected chi connectivity index (χ3v) is 5.23. The van der Waals surface area contributed by atoms with Crippen LogP contribution in [0.5, 0.6) is 0 Å². The van der Waals surface area contributed by atoms with Crippen LogP contribution in [0.25, 0.3) is 16.9 Å². The Morgan fingerprint density at radius 1 is 1.15 bits per heavy atom. The van der Waals surface area contributed by atoms with E-state index in [0.29, 0.717) is 6.04 Å². The van der Waals surface area contributed by atoms with Crippen LogP contribution in [0.1, 0.15) is 50.3 Å². The highest BCUT2D eigenvalue weighted by Gasteiger charge is 2.15. The third-order valence-electron chi connectivity index (χ3n) is 5.23. The molecule has 0 unspecified atom stereocenters. The average Bonchev–Trinajstić information content (AvgIpc) is 3.34. The van der Waals surface area contributed by atoms with Crippen molar-refractivity contribution in [3.63, 3.8) is 0 Å². The fourth-order valence-corrected chi connectivity index (χ4v) is 3.85. The van der Waals surface area contributed by atoms with Crippen molar-refractivity contribution in [1.29, 1.82) is 0 Å². The molecule has 3 aromatic rings. The summed E-state index contributed by atoms with van der Waals surface area (Å²) in [5, 5.41) is 8.16. The lowest BCUT2D eigenvalue weighted by Gasteiger charge is -2.14. The van der Waals surface area contributed by atoms with Gasteiger partial charge in [0.1, 0.15) is 0 Å². The Morgan fingerprint density at radius 3 is 2.78 bits per heavy atom. The van der Waals surface area contributed by atoms with Gasteiger partial charge in [-0.3, -0.25) is 9.97 Å². The van der Waals surface area contributed by atoms with Crippen molar-refractivity contribution in [2.24, 2.45) is 0 Å².